The summed E-state index contributed by atoms with van der Waals surface area (Å²) in [6.45, 7) is 4.30. The Hall–Kier alpha value is -3.06. The van der Waals surface area contributed by atoms with E-state index in [0.717, 1.165) is 62.1 Å². The summed E-state index contributed by atoms with van der Waals surface area (Å²) in [5, 5.41) is 20.9. The molecule has 0 spiro atoms. The molecule has 6 N–H and O–H groups in total. The summed E-state index contributed by atoms with van der Waals surface area (Å²) in [7, 11) is -10.9. The number of rotatable bonds is 37. The molecule has 19 nitrogen and oxygen atoms in total. The van der Waals surface area contributed by atoms with Gasteiger partial charge in [0.15, 0.2) is 12.3 Å². The van der Waals surface area contributed by atoms with Gasteiger partial charge >= 0.3 is 33.3 Å². The number of ether oxygens (including phenoxy) is 4. The van der Waals surface area contributed by atoms with Crippen molar-refractivity contribution in [1.29, 1.82) is 0 Å². The van der Waals surface area contributed by atoms with E-state index in [4.69, 9.17) is 33.7 Å². The monoisotopic (exact) mass is 989 g/mol. The number of allylic oxidation sites excluding steroid dienone is 5. The van der Waals surface area contributed by atoms with Gasteiger partial charge in [-0.3, -0.25) is 23.2 Å². The molecule has 67 heavy (non-hydrogen) atoms. The summed E-state index contributed by atoms with van der Waals surface area (Å²) in [5.74, 6) is -0.656. The van der Waals surface area contributed by atoms with Crippen LogP contribution in [-0.4, -0.2) is 97.9 Å². The van der Waals surface area contributed by atoms with Crippen LogP contribution in [0.4, 0.5) is 5.82 Å². The second kappa shape index (κ2) is 31.9. The minimum Gasteiger partial charge on any atom is -0.462 e. The summed E-state index contributed by atoms with van der Waals surface area (Å²) >= 11 is 0. The number of anilines is 1. The number of aromatic nitrogens is 2. The SMILES string of the molecule is CCCCCC1OC1C/C=C\C/C=C\C/C=C\CCCC(=O)O[C@H](COC(=O)CCCCCCCCCCC(C)C)COP(=O)(O)OP(=O)(O)OC[C@H]1O[C@@H](n2ccc(N)nc2=O)[C@H](O)[C@@H]1O. The number of unbranched alkanes of at least 4 members (excludes halogenated alkanes) is 10. The predicted molar refractivity (Wildman–Crippen MR) is 251 cm³/mol. The fourth-order valence-electron chi connectivity index (χ4n) is 7.23. The van der Waals surface area contributed by atoms with Crippen LogP contribution in [0, 0.1) is 5.92 Å². The van der Waals surface area contributed by atoms with Gasteiger partial charge in [0.1, 0.15) is 30.7 Å². The van der Waals surface area contributed by atoms with Crippen molar-refractivity contribution in [3.8, 4) is 0 Å². The standard InChI is InChI=1S/C46H77N3O16P2/c1-4-5-20-26-37-38(63-37)27-22-17-13-8-6-7-9-15-19-24-29-42(51)62-36(32-59-41(50)28-23-18-14-11-10-12-16-21-25-35(2)3)33-60-66(55,56)65-67(57,58)61-34-39-43(52)44(53)45(64-39)49-31-30-40(47)48-46(49)54/h6,8-9,15,17,22,30-31,35-39,43-45,52-53H,4-5,7,10-14,16,18-21,23-29,32-34H2,1-3H3,(H,55,56)(H,57,58)(H2,47,48,54)/b8-6-,15-9-,22-17-/t36-,37?,38?,39-,43-,44-,45-/m1/s1. The number of esters is 2. The van der Waals surface area contributed by atoms with Gasteiger partial charge in [-0.2, -0.15) is 9.29 Å². The first-order valence-electron chi connectivity index (χ1n) is 24.0. The molecule has 0 bridgehead atoms. The first-order valence-corrected chi connectivity index (χ1v) is 27.0. The largest absolute Gasteiger partial charge is 0.481 e. The van der Waals surface area contributed by atoms with E-state index >= 15 is 0 Å². The van der Waals surface area contributed by atoms with Crippen LogP contribution in [0.15, 0.2) is 53.5 Å². The molecule has 2 fully saturated rings. The van der Waals surface area contributed by atoms with Crippen LogP contribution in [0.3, 0.4) is 0 Å². The Bertz CT molecular complexity index is 1840. The van der Waals surface area contributed by atoms with Crippen molar-refractivity contribution < 1.29 is 71.0 Å². The zero-order valence-corrected chi connectivity index (χ0v) is 41.3. The van der Waals surface area contributed by atoms with E-state index in [2.05, 4.69) is 54.4 Å². The van der Waals surface area contributed by atoms with Crippen molar-refractivity contribution in [1.82, 2.24) is 9.55 Å². The highest BCUT2D eigenvalue weighted by atomic mass is 31.3. The number of aliphatic hydroxyl groups excluding tert-OH is 2. The van der Waals surface area contributed by atoms with Crippen LogP contribution < -0.4 is 11.4 Å². The summed E-state index contributed by atoms with van der Waals surface area (Å²) in [6, 6.07) is 1.24. The molecule has 1 aromatic heterocycles. The second-order valence-corrected chi connectivity index (χ2v) is 20.5. The lowest BCUT2D eigenvalue weighted by molar-refractivity contribution is -0.161. The number of nitrogens with two attached hydrogens (primary N) is 1. The molecular weight excluding hydrogens is 912 g/mol. The van der Waals surface area contributed by atoms with Crippen LogP contribution in [0.5, 0.6) is 0 Å². The number of carbonyl (C=O) groups is 2. The molecule has 9 atom stereocenters. The molecule has 2 aliphatic rings. The smallest absolute Gasteiger partial charge is 0.462 e. The van der Waals surface area contributed by atoms with Crippen LogP contribution in [0.1, 0.15) is 155 Å². The van der Waals surface area contributed by atoms with Gasteiger partial charge < -0.3 is 44.7 Å². The molecule has 0 aliphatic carbocycles. The predicted octanol–water partition coefficient (Wildman–Crippen LogP) is 8.06. The lowest BCUT2D eigenvalue weighted by Gasteiger charge is -2.21. The number of nitrogens with zero attached hydrogens (tertiary/aromatic N) is 2. The second-order valence-electron chi connectivity index (χ2n) is 17.5. The molecule has 1 aromatic rings. The summed E-state index contributed by atoms with van der Waals surface area (Å²) in [6.07, 6.45) is 24.4. The topological polar surface area (TPSA) is 278 Å². The molecule has 21 heteroatoms. The first-order chi connectivity index (χ1) is 32.0. The number of carbonyl (C=O) groups excluding carboxylic acids is 2. The first kappa shape index (κ1) is 58.3. The minimum absolute atomic E-state index is 0.0294. The van der Waals surface area contributed by atoms with E-state index in [0.29, 0.717) is 37.4 Å². The van der Waals surface area contributed by atoms with Crippen molar-refractivity contribution in [3.05, 3.63) is 59.2 Å². The third-order valence-corrected chi connectivity index (χ3v) is 13.7. The maximum absolute atomic E-state index is 12.8. The zero-order valence-electron chi connectivity index (χ0n) is 39.6. The van der Waals surface area contributed by atoms with E-state index in [1.807, 2.05) is 12.2 Å². The van der Waals surface area contributed by atoms with Gasteiger partial charge in [-0.25, -0.2) is 13.9 Å². The average molecular weight is 990 g/mol. The zero-order chi connectivity index (χ0) is 49.1. The van der Waals surface area contributed by atoms with Gasteiger partial charge in [-0.1, -0.05) is 128 Å². The Balaban J connectivity index is 1.43. The number of nitrogen functional groups attached to an aromatic ring is 1. The lowest BCUT2D eigenvalue weighted by atomic mass is 10.0. The number of phosphoric acid groups is 2. The van der Waals surface area contributed by atoms with Gasteiger partial charge in [0.25, 0.3) is 0 Å². The van der Waals surface area contributed by atoms with Crippen molar-refractivity contribution in [2.45, 2.75) is 192 Å². The van der Waals surface area contributed by atoms with Gasteiger partial charge in [0.2, 0.25) is 0 Å². The van der Waals surface area contributed by atoms with E-state index in [1.165, 1.54) is 51.0 Å². The molecule has 382 valence electrons. The fraction of sp³-hybridized carbons (Fsp3) is 0.739. The third kappa shape index (κ3) is 25.4. The van der Waals surface area contributed by atoms with Crippen molar-refractivity contribution in [2.75, 3.05) is 25.6 Å². The van der Waals surface area contributed by atoms with E-state index in [-0.39, 0.29) is 18.7 Å². The fourth-order valence-corrected chi connectivity index (χ4v) is 9.34. The van der Waals surface area contributed by atoms with Crippen LogP contribution in [0.25, 0.3) is 0 Å². The molecule has 2 aliphatic heterocycles. The average Bonchev–Trinajstić information content (AvgIpc) is 3.96. The maximum atomic E-state index is 12.8. The molecule has 3 rings (SSSR count). The highest BCUT2D eigenvalue weighted by Gasteiger charge is 2.46. The van der Waals surface area contributed by atoms with Crippen molar-refractivity contribution >= 4 is 33.4 Å². The van der Waals surface area contributed by atoms with E-state index in [1.54, 1.807) is 0 Å². The molecule has 2 saturated heterocycles. The quantitative estimate of drug-likeness (QED) is 0.0138. The van der Waals surface area contributed by atoms with Gasteiger partial charge in [0, 0.05) is 19.0 Å². The van der Waals surface area contributed by atoms with Crippen LogP contribution in [0.2, 0.25) is 0 Å². The van der Waals surface area contributed by atoms with Crippen molar-refractivity contribution in [3.63, 3.8) is 0 Å². The number of hydrogen-bond donors (Lipinski definition) is 5. The molecule has 0 saturated carbocycles. The number of aliphatic hydroxyl groups is 2. The molecule has 0 aromatic carbocycles. The Morgan fingerprint density at radius 2 is 1.43 bits per heavy atom. The Morgan fingerprint density at radius 3 is 2.12 bits per heavy atom. The number of phosphoric ester groups is 2. The van der Waals surface area contributed by atoms with Crippen molar-refractivity contribution in [2.24, 2.45) is 5.92 Å². The van der Waals surface area contributed by atoms with Crippen LogP contribution in [-0.2, 0) is 51.0 Å². The molecule has 0 radical (unpaired) electrons. The van der Waals surface area contributed by atoms with Gasteiger partial charge in [0.05, 0.1) is 25.4 Å². The highest BCUT2D eigenvalue weighted by molar-refractivity contribution is 7.61. The summed E-state index contributed by atoms with van der Waals surface area (Å²) in [4.78, 5) is 61.7. The van der Waals surface area contributed by atoms with E-state index in [9.17, 15) is 43.5 Å². The van der Waals surface area contributed by atoms with Gasteiger partial charge in [-0.05, 0) is 56.9 Å². The van der Waals surface area contributed by atoms with E-state index < -0.39 is 83.7 Å². The minimum atomic E-state index is -5.43. The number of hydrogen-bond acceptors (Lipinski definition) is 16. The van der Waals surface area contributed by atoms with Crippen LogP contribution >= 0.6 is 15.6 Å². The summed E-state index contributed by atoms with van der Waals surface area (Å²) < 4.78 is 62.3. The number of epoxide rings is 1. The Morgan fingerprint density at radius 1 is 0.791 bits per heavy atom. The molecule has 3 heterocycles. The molecule has 0 amide bonds. The lowest BCUT2D eigenvalue weighted by Crippen LogP contribution is -2.36. The maximum Gasteiger partial charge on any atom is 0.481 e. The Kier molecular flexibility index (Phi) is 27.8. The summed E-state index contributed by atoms with van der Waals surface area (Å²) in [5.41, 5.74) is 4.58. The molecule has 4 unspecified atom stereocenters. The molecular formula is C46H77N3O16P2. The normalized spacial score (nSPS) is 23.0. The Labute approximate surface area is 395 Å². The third-order valence-electron chi connectivity index (χ3n) is 11.1. The van der Waals surface area contributed by atoms with Gasteiger partial charge in [-0.15, -0.1) is 0 Å². The highest BCUT2D eigenvalue weighted by Crippen LogP contribution is 2.60.